The van der Waals surface area contributed by atoms with Crippen molar-refractivity contribution in [1.29, 1.82) is 0 Å². The number of nitrogens with one attached hydrogen (secondary N) is 2. The van der Waals surface area contributed by atoms with E-state index in [2.05, 4.69) is 15.6 Å². The lowest BCUT2D eigenvalue weighted by atomic mass is 9.95. The Labute approximate surface area is 218 Å². The molecule has 0 aliphatic heterocycles. The van der Waals surface area contributed by atoms with Crippen LogP contribution in [0.3, 0.4) is 0 Å². The van der Waals surface area contributed by atoms with Crippen LogP contribution >= 0.6 is 0 Å². The molecule has 0 spiro atoms. The van der Waals surface area contributed by atoms with E-state index in [1.165, 1.54) is 15.5 Å². The molecule has 0 radical (unpaired) electrons. The average Bonchev–Trinajstić information content (AvgIpc) is 3.06. The number of phenolic OH excluding ortho intramolecular Hbond substituents is 1. The van der Waals surface area contributed by atoms with Crippen molar-refractivity contribution in [2.45, 2.75) is 71.9 Å². The van der Waals surface area contributed by atoms with E-state index in [0.29, 0.717) is 0 Å². The Hall–Kier alpha value is -3.69. The molecule has 37 heavy (non-hydrogen) atoms. The van der Waals surface area contributed by atoms with Crippen LogP contribution in [0.25, 0.3) is 0 Å². The summed E-state index contributed by atoms with van der Waals surface area (Å²) in [5.74, 6) is -1.86. The number of aromatic hydroxyl groups is 3. The van der Waals surface area contributed by atoms with E-state index >= 15 is 0 Å². The molecule has 3 rings (SSSR count). The van der Waals surface area contributed by atoms with Crippen LogP contribution in [0.2, 0.25) is 0 Å². The highest BCUT2D eigenvalue weighted by Gasteiger charge is 2.30. The van der Waals surface area contributed by atoms with Gasteiger partial charge in [-0.15, -0.1) is 0 Å². The molecule has 0 bridgehead atoms. The lowest BCUT2D eigenvalue weighted by molar-refractivity contribution is -0.115. The van der Waals surface area contributed by atoms with E-state index in [1.807, 2.05) is 27.7 Å². The zero-order valence-corrected chi connectivity index (χ0v) is 22.5. The molecule has 1 saturated carbocycles. The fourth-order valence-electron chi connectivity index (χ4n) is 4.55. The predicted molar refractivity (Wildman–Crippen MR) is 145 cm³/mol. The van der Waals surface area contributed by atoms with E-state index < -0.39 is 5.91 Å². The Morgan fingerprint density at radius 3 is 2.24 bits per heavy atom. The van der Waals surface area contributed by atoms with Crippen LogP contribution in [-0.2, 0) is 4.79 Å². The first-order chi connectivity index (χ1) is 17.4. The highest BCUT2D eigenvalue weighted by molar-refractivity contribution is 6.40. The first kappa shape index (κ1) is 27.9. The zero-order chi connectivity index (χ0) is 27.4. The van der Waals surface area contributed by atoms with Gasteiger partial charge in [-0.3, -0.25) is 14.2 Å². The second-order valence-electron chi connectivity index (χ2n) is 10.3. The Kier molecular flexibility index (Phi) is 8.73. The summed E-state index contributed by atoms with van der Waals surface area (Å²) >= 11 is 0. The number of rotatable bonds is 8. The maximum absolute atomic E-state index is 12.9. The molecule has 202 valence electrons. The van der Waals surface area contributed by atoms with Crippen LogP contribution < -0.4 is 10.6 Å². The summed E-state index contributed by atoms with van der Waals surface area (Å²) in [6.07, 6.45) is 4.57. The minimum Gasteiger partial charge on any atom is -0.505 e. The fraction of sp³-hybridized carbons (Fsp3) is 0.519. The van der Waals surface area contributed by atoms with Crippen LogP contribution in [0.1, 0.15) is 76.2 Å². The quantitative estimate of drug-likeness (QED) is 0.254. The first-order valence-corrected chi connectivity index (χ1v) is 12.8. The number of nitrogens with zero attached hydrogens (tertiary/aromatic N) is 3. The van der Waals surface area contributed by atoms with E-state index in [1.54, 1.807) is 26.2 Å². The molecule has 1 heterocycles. The minimum atomic E-state index is -0.390. The van der Waals surface area contributed by atoms with Crippen molar-refractivity contribution in [2.24, 2.45) is 10.9 Å². The highest BCUT2D eigenvalue weighted by atomic mass is 16.3. The standard InChI is InChI=1S/C27H39N5O5/c1-15(2)20(24(34)28-16(3)4)30-22-21(26(36)32(27(22)37)17-11-8-7-9-12-17)29-19-14-10-13-18(23(19)33)25(35)31(5)6/h10,13-17,29,33,36-37H,7-9,11-12H2,1-6H3,(H,28,34). The van der Waals surface area contributed by atoms with Gasteiger partial charge >= 0.3 is 0 Å². The molecule has 2 aromatic rings. The van der Waals surface area contributed by atoms with Crippen molar-refractivity contribution in [1.82, 2.24) is 14.8 Å². The molecule has 1 fully saturated rings. The van der Waals surface area contributed by atoms with Crippen molar-refractivity contribution in [3.63, 3.8) is 0 Å². The number of carbonyl (C=O) groups excluding carboxylic acids is 2. The summed E-state index contributed by atoms with van der Waals surface area (Å²) in [7, 11) is 3.16. The maximum Gasteiger partial charge on any atom is 0.266 e. The third-order valence-corrected chi connectivity index (χ3v) is 6.43. The fourth-order valence-corrected chi connectivity index (χ4v) is 4.55. The molecule has 0 saturated heterocycles. The molecule has 2 amide bonds. The van der Waals surface area contributed by atoms with Gasteiger partial charge in [0.25, 0.3) is 11.8 Å². The first-order valence-electron chi connectivity index (χ1n) is 12.8. The Bertz CT molecular complexity index is 1180. The SMILES string of the molecule is CC(C)NC(=O)C(=Nc1c(Nc2cccc(C(=O)N(C)C)c2O)c(O)n(C2CCCCC2)c1O)C(C)C. The predicted octanol–water partition coefficient (Wildman–Crippen LogP) is 4.81. The molecule has 1 aromatic heterocycles. The van der Waals surface area contributed by atoms with Crippen LogP contribution in [-0.4, -0.2) is 62.4 Å². The van der Waals surface area contributed by atoms with Crippen molar-refractivity contribution in [2.75, 3.05) is 19.4 Å². The van der Waals surface area contributed by atoms with Crippen LogP contribution in [0.5, 0.6) is 17.5 Å². The summed E-state index contributed by atoms with van der Waals surface area (Å²) in [6.45, 7) is 7.33. The van der Waals surface area contributed by atoms with Gasteiger partial charge in [0, 0.05) is 32.1 Å². The third-order valence-electron chi connectivity index (χ3n) is 6.43. The summed E-state index contributed by atoms with van der Waals surface area (Å²) in [4.78, 5) is 31.3. The van der Waals surface area contributed by atoms with Gasteiger partial charge in [-0.25, -0.2) is 4.99 Å². The molecule has 10 heteroatoms. The van der Waals surface area contributed by atoms with Gasteiger partial charge in [0.1, 0.15) is 11.4 Å². The molecule has 1 aliphatic rings. The van der Waals surface area contributed by atoms with Crippen molar-refractivity contribution in [3.05, 3.63) is 23.8 Å². The second-order valence-corrected chi connectivity index (χ2v) is 10.3. The minimum absolute atomic E-state index is 0.00517. The molecule has 5 N–H and O–H groups in total. The Balaban J connectivity index is 2.19. The number of aliphatic imine (C=N–C) groups is 1. The van der Waals surface area contributed by atoms with Gasteiger partial charge in [0.05, 0.1) is 11.3 Å². The molecular weight excluding hydrogens is 474 g/mol. The summed E-state index contributed by atoms with van der Waals surface area (Å²) in [5.41, 5.74) is 0.457. The number of aromatic nitrogens is 1. The molecule has 1 aromatic carbocycles. The number of phenols is 1. The number of anilines is 2. The number of benzene rings is 1. The summed E-state index contributed by atoms with van der Waals surface area (Å²) in [5, 5.41) is 39.3. The lowest BCUT2D eigenvalue weighted by Gasteiger charge is -2.24. The van der Waals surface area contributed by atoms with E-state index in [-0.39, 0.29) is 69.8 Å². The number of carbonyl (C=O) groups is 2. The summed E-state index contributed by atoms with van der Waals surface area (Å²) < 4.78 is 1.45. The van der Waals surface area contributed by atoms with Crippen molar-refractivity contribution < 1.29 is 24.9 Å². The van der Waals surface area contributed by atoms with Crippen molar-refractivity contribution >= 4 is 34.6 Å². The molecule has 10 nitrogen and oxygen atoms in total. The lowest BCUT2D eigenvalue weighted by Crippen LogP contribution is -2.38. The molecule has 1 aliphatic carbocycles. The van der Waals surface area contributed by atoms with Crippen LogP contribution in [0.4, 0.5) is 17.1 Å². The summed E-state index contributed by atoms with van der Waals surface area (Å²) in [6, 6.07) is 4.40. The number of hydrogen-bond donors (Lipinski definition) is 5. The van der Waals surface area contributed by atoms with Gasteiger partial charge in [-0.2, -0.15) is 0 Å². The molecule has 0 unspecified atom stereocenters. The van der Waals surface area contributed by atoms with E-state index in [9.17, 15) is 24.9 Å². The van der Waals surface area contributed by atoms with Crippen molar-refractivity contribution in [3.8, 4) is 17.5 Å². The Morgan fingerprint density at radius 1 is 1.03 bits per heavy atom. The Morgan fingerprint density at radius 2 is 1.68 bits per heavy atom. The topological polar surface area (TPSA) is 139 Å². The van der Waals surface area contributed by atoms with Gasteiger partial charge in [-0.05, 0) is 38.8 Å². The average molecular weight is 514 g/mol. The smallest absolute Gasteiger partial charge is 0.266 e. The third kappa shape index (κ3) is 6.00. The van der Waals surface area contributed by atoms with Crippen LogP contribution in [0.15, 0.2) is 23.2 Å². The van der Waals surface area contributed by atoms with Crippen LogP contribution in [0, 0.1) is 5.92 Å². The van der Waals surface area contributed by atoms with E-state index in [4.69, 9.17) is 0 Å². The largest absolute Gasteiger partial charge is 0.505 e. The number of amides is 2. The highest BCUT2D eigenvalue weighted by Crippen LogP contribution is 2.51. The number of hydrogen-bond acceptors (Lipinski definition) is 7. The van der Waals surface area contributed by atoms with E-state index in [0.717, 1.165) is 32.1 Å². The normalized spacial score (nSPS) is 14.8. The molecular formula is C27H39N5O5. The maximum atomic E-state index is 12.9. The second kappa shape index (κ2) is 11.6. The van der Waals surface area contributed by atoms with Gasteiger partial charge in [-0.1, -0.05) is 39.2 Å². The number of para-hydroxylation sites is 1. The molecule has 0 atom stereocenters. The van der Waals surface area contributed by atoms with Gasteiger partial charge in [0.2, 0.25) is 11.8 Å². The monoisotopic (exact) mass is 513 g/mol. The van der Waals surface area contributed by atoms with Gasteiger partial charge < -0.3 is 30.9 Å². The van der Waals surface area contributed by atoms with Gasteiger partial charge in [0.15, 0.2) is 11.4 Å². The zero-order valence-electron chi connectivity index (χ0n) is 22.5.